The van der Waals surface area contributed by atoms with Crippen molar-refractivity contribution in [3.05, 3.63) is 109 Å². The van der Waals surface area contributed by atoms with E-state index in [1.165, 1.54) is 11.6 Å². The largest absolute Gasteiger partial charge is 0.508 e. The second-order valence-electron chi connectivity index (χ2n) is 9.07. The van der Waals surface area contributed by atoms with E-state index in [4.69, 9.17) is 16.3 Å². The van der Waals surface area contributed by atoms with E-state index in [2.05, 4.69) is 0 Å². The van der Waals surface area contributed by atoms with Crippen LogP contribution >= 0.6 is 11.6 Å². The maximum atomic E-state index is 13.7. The predicted molar refractivity (Wildman–Crippen MR) is 140 cm³/mol. The summed E-state index contributed by atoms with van der Waals surface area (Å²) in [6.45, 7) is 2.00. The second-order valence-corrected chi connectivity index (χ2v) is 9.50. The molecule has 7 nitrogen and oxygen atoms in total. The fraction of sp³-hybridized carbons (Fsp3) is 0.143. The monoisotopic (exact) mass is 499 g/mol. The molecule has 0 radical (unpaired) electrons. The van der Waals surface area contributed by atoms with Crippen LogP contribution in [0.1, 0.15) is 22.9 Å². The van der Waals surface area contributed by atoms with Crippen LogP contribution in [-0.4, -0.2) is 18.8 Å². The van der Waals surface area contributed by atoms with Gasteiger partial charge in [0.05, 0.1) is 28.0 Å². The Morgan fingerprint density at radius 2 is 1.61 bits per heavy atom. The van der Waals surface area contributed by atoms with Crippen LogP contribution in [0.25, 0.3) is 27.8 Å². The molecule has 1 aliphatic heterocycles. The van der Waals surface area contributed by atoms with Gasteiger partial charge in [0.1, 0.15) is 11.5 Å². The van der Waals surface area contributed by atoms with Gasteiger partial charge in [-0.05, 0) is 48.4 Å². The van der Waals surface area contributed by atoms with Crippen molar-refractivity contribution in [3.8, 4) is 28.4 Å². The number of aromatic hydroxyl groups is 1. The molecule has 5 aromatic rings. The van der Waals surface area contributed by atoms with Crippen molar-refractivity contribution in [2.45, 2.75) is 13.0 Å². The van der Waals surface area contributed by atoms with Crippen molar-refractivity contribution in [1.82, 2.24) is 13.7 Å². The number of rotatable bonds is 2. The number of hydrogen-bond acceptors (Lipinski definition) is 4. The number of hydrogen-bond donors (Lipinski definition) is 1. The average Bonchev–Trinajstić information content (AvgIpc) is 3.23. The van der Waals surface area contributed by atoms with Crippen LogP contribution in [0.15, 0.2) is 76.3 Å². The lowest BCUT2D eigenvalue weighted by Gasteiger charge is -2.30. The minimum absolute atomic E-state index is 0.128. The minimum Gasteiger partial charge on any atom is -0.508 e. The van der Waals surface area contributed by atoms with Gasteiger partial charge in [0.15, 0.2) is 6.10 Å². The molecule has 3 aromatic carbocycles. The number of fused-ring (bicyclic) bond motifs is 5. The number of nitrogens with zero attached hydrogens (tertiary/aromatic N) is 3. The first-order valence-electron chi connectivity index (χ1n) is 11.4. The molecule has 0 aliphatic carbocycles. The fourth-order valence-corrected chi connectivity index (χ4v) is 5.16. The molecule has 0 fully saturated rings. The zero-order valence-corrected chi connectivity index (χ0v) is 20.6. The number of benzene rings is 3. The van der Waals surface area contributed by atoms with Crippen LogP contribution in [0.5, 0.6) is 11.5 Å². The molecule has 1 N–H and O–H groups in total. The van der Waals surface area contributed by atoms with E-state index < -0.39 is 17.4 Å². The van der Waals surface area contributed by atoms with Crippen molar-refractivity contribution >= 4 is 22.5 Å². The first-order valence-corrected chi connectivity index (χ1v) is 11.8. The van der Waals surface area contributed by atoms with Gasteiger partial charge in [0.25, 0.3) is 5.56 Å². The van der Waals surface area contributed by atoms with Crippen molar-refractivity contribution in [1.29, 1.82) is 0 Å². The lowest BCUT2D eigenvalue weighted by atomic mass is 10.0. The van der Waals surface area contributed by atoms with Gasteiger partial charge >= 0.3 is 5.69 Å². The Balaban J connectivity index is 1.86. The highest BCUT2D eigenvalue weighted by Gasteiger charge is 2.36. The summed E-state index contributed by atoms with van der Waals surface area (Å²) in [6, 6.07) is 20.0. The van der Waals surface area contributed by atoms with Crippen LogP contribution in [0.4, 0.5) is 0 Å². The molecule has 2 aromatic heterocycles. The van der Waals surface area contributed by atoms with E-state index in [9.17, 15) is 14.7 Å². The molecule has 8 heteroatoms. The molecule has 0 saturated carbocycles. The predicted octanol–water partition coefficient (Wildman–Crippen LogP) is 4.84. The van der Waals surface area contributed by atoms with Gasteiger partial charge in [-0.15, -0.1) is 0 Å². The average molecular weight is 500 g/mol. The molecule has 6 rings (SSSR count). The Labute approximate surface area is 211 Å². The van der Waals surface area contributed by atoms with E-state index in [0.29, 0.717) is 38.8 Å². The first-order chi connectivity index (χ1) is 17.3. The second kappa shape index (κ2) is 7.90. The van der Waals surface area contributed by atoms with E-state index in [-0.39, 0.29) is 5.75 Å². The third kappa shape index (κ3) is 3.13. The van der Waals surface area contributed by atoms with Gasteiger partial charge in [0.2, 0.25) is 0 Å². The number of aromatic nitrogens is 3. The molecule has 0 saturated heterocycles. The Bertz CT molecular complexity index is 1800. The molecule has 36 heavy (non-hydrogen) atoms. The quantitative estimate of drug-likeness (QED) is 0.377. The number of ether oxygens (including phenoxy) is 1. The third-order valence-corrected chi connectivity index (χ3v) is 7.02. The van der Waals surface area contributed by atoms with Crippen LogP contribution in [-0.2, 0) is 14.1 Å². The molecule has 0 amide bonds. The maximum Gasteiger partial charge on any atom is 0.331 e. The Morgan fingerprint density at radius 1 is 0.917 bits per heavy atom. The van der Waals surface area contributed by atoms with Crippen LogP contribution < -0.4 is 16.0 Å². The summed E-state index contributed by atoms with van der Waals surface area (Å²) in [4.78, 5) is 26.8. The van der Waals surface area contributed by atoms with Gasteiger partial charge in [-0.25, -0.2) is 4.79 Å². The fourth-order valence-electron chi connectivity index (χ4n) is 4.99. The lowest BCUT2D eigenvalue weighted by molar-refractivity contribution is 0.229. The first kappa shape index (κ1) is 22.2. The molecule has 180 valence electrons. The van der Waals surface area contributed by atoms with Crippen molar-refractivity contribution in [2.75, 3.05) is 0 Å². The third-order valence-electron chi connectivity index (χ3n) is 6.78. The summed E-state index contributed by atoms with van der Waals surface area (Å²) in [7, 11) is 3.14. The molecule has 1 atom stereocenters. The van der Waals surface area contributed by atoms with E-state index in [1.54, 1.807) is 49.5 Å². The Hall–Kier alpha value is -4.23. The van der Waals surface area contributed by atoms with E-state index in [0.717, 1.165) is 21.3 Å². The molecule has 1 aliphatic rings. The van der Waals surface area contributed by atoms with Gasteiger partial charge in [-0.3, -0.25) is 13.9 Å². The van der Waals surface area contributed by atoms with Crippen molar-refractivity contribution < 1.29 is 9.84 Å². The highest BCUT2D eigenvalue weighted by atomic mass is 35.5. The molecule has 0 spiro atoms. The summed E-state index contributed by atoms with van der Waals surface area (Å²) in [6.07, 6.45) is -0.654. The summed E-state index contributed by atoms with van der Waals surface area (Å²) in [5, 5.41) is 10.8. The smallest absolute Gasteiger partial charge is 0.331 e. The van der Waals surface area contributed by atoms with Crippen LogP contribution in [0.2, 0.25) is 5.02 Å². The summed E-state index contributed by atoms with van der Waals surface area (Å²) < 4.78 is 11.1. The SMILES string of the molecule is Cc1ccc(-c2c3c(=O)n(C)c(=O)n(C)c3c3n2-c2cc(Cl)ccc2OC3c2ccc(O)cc2)cc1. The summed E-state index contributed by atoms with van der Waals surface area (Å²) in [5.74, 6) is 0.712. The van der Waals surface area contributed by atoms with E-state index >= 15 is 0 Å². The molecule has 3 heterocycles. The normalized spacial score (nSPS) is 14.4. The summed E-state index contributed by atoms with van der Waals surface area (Å²) in [5.41, 5.74) is 4.31. The molecule has 1 unspecified atom stereocenters. The number of halogens is 1. The molecular formula is C28H22ClN3O4. The minimum atomic E-state index is -0.654. The van der Waals surface area contributed by atoms with E-state index in [1.807, 2.05) is 35.8 Å². The zero-order valence-electron chi connectivity index (χ0n) is 19.8. The number of phenols is 1. The van der Waals surface area contributed by atoms with Gasteiger partial charge in [-0.1, -0.05) is 53.6 Å². The van der Waals surface area contributed by atoms with Crippen molar-refractivity contribution in [2.24, 2.45) is 14.1 Å². The molecular weight excluding hydrogens is 478 g/mol. The lowest BCUT2D eigenvalue weighted by Crippen LogP contribution is -2.37. The number of phenolic OH excluding ortho intramolecular Hbond substituents is 1. The maximum absolute atomic E-state index is 13.7. The summed E-state index contributed by atoms with van der Waals surface area (Å²) >= 11 is 6.43. The topological polar surface area (TPSA) is 78.4 Å². The van der Waals surface area contributed by atoms with Gasteiger partial charge in [-0.2, -0.15) is 0 Å². The molecule has 0 bridgehead atoms. The highest BCUT2D eigenvalue weighted by Crippen LogP contribution is 2.47. The number of aryl methyl sites for hydroxylation is 2. The highest BCUT2D eigenvalue weighted by molar-refractivity contribution is 6.30. The Morgan fingerprint density at radius 3 is 2.31 bits per heavy atom. The zero-order chi connectivity index (χ0) is 25.3. The van der Waals surface area contributed by atoms with Gasteiger partial charge < -0.3 is 14.4 Å². The van der Waals surface area contributed by atoms with Crippen molar-refractivity contribution in [3.63, 3.8) is 0 Å². The standard InChI is InChI=1S/C28H22ClN3O4/c1-15-4-6-16(7-5-15)23-22-24(30(2)28(35)31(3)27(22)34)25-26(17-8-11-19(33)12-9-17)36-21-13-10-18(29)14-20(21)32(23)25/h4-14,26,33H,1-3H3. The van der Waals surface area contributed by atoms with Crippen LogP contribution in [0.3, 0.4) is 0 Å². The van der Waals surface area contributed by atoms with Crippen LogP contribution in [0, 0.1) is 6.92 Å². The Kier molecular flexibility index (Phi) is 4.88. The van der Waals surface area contributed by atoms with Gasteiger partial charge in [0, 0.05) is 19.1 Å².